The SMILES string of the molecule is COc1cnc2cccc([C@@H](O)[C@H](O)[C@H]3CC[C@H](NCC=Cc4cc(F)ccc4F)CC3)c2n1. The number of para-hydroxylation sites is 1. The molecule has 1 aromatic heterocycles. The van der Waals surface area contributed by atoms with E-state index in [1.54, 1.807) is 30.4 Å². The van der Waals surface area contributed by atoms with Gasteiger partial charge in [0.1, 0.15) is 17.7 Å². The molecule has 1 saturated carbocycles. The Kier molecular flexibility index (Phi) is 7.82. The van der Waals surface area contributed by atoms with E-state index in [0.29, 0.717) is 29.0 Å². The highest BCUT2D eigenvalue weighted by atomic mass is 19.1. The molecule has 1 aliphatic rings. The lowest BCUT2D eigenvalue weighted by molar-refractivity contribution is -0.0300. The van der Waals surface area contributed by atoms with Gasteiger partial charge in [-0.15, -0.1) is 0 Å². The number of hydrogen-bond donors (Lipinski definition) is 3. The summed E-state index contributed by atoms with van der Waals surface area (Å²) in [7, 11) is 1.51. The first-order valence-corrected chi connectivity index (χ1v) is 11.5. The Morgan fingerprint density at radius 2 is 1.94 bits per heavy atom. The predicted molar refractivity (Wildman–Crippen MR) is 126 cm³/mol. The molecule has 2 aromatic carbocycles. The van der Waals surface area contributed by atoms with Crippen LogP contribution in [0.25, 0.3) is 17.1 Å². The van der Waals surface area contributed by atoms with E-state index in [2.05, 4.69) is 15.3 Å². The number of nitrogens with one attached hydrogen (secondary N) is 1. The van der Waals surface area contributed by atoms with Gasteiger partial charge in [0, 0.05) is 23.7 Å². The third-order valence-electron chi connectivity index (χ3n) is 6.47. The second-order valence-corrected chi connectivity index (χ2v) is 8.65. The number of ether oxygens (including phenoxy) is 1. The molecule has 1 fully saturated rings. The van der Waals surface area contributed by atoms with Gasteiger partial charge >= 0.3 is 0 Å². The van der Waals surface area contributed by atoms with Crippen LogP contribution >= 0.6 is 0 Å². The molecule has 4 rings (SSSR count). The second kappa shape index (κ2) is 11.0. The Balaban J connectivity index is 1.31. The van der Waals surface area contributed by atoms with Crippen molar-refractivity contribution in [3.05, 3.63) is 71.4 Å². The van der Waals surface area contributed by atoms with Crippen molar-refractivity contribution < 1.29 is 23.7 Å². The maximum Gasteiger partial charge on any atom is 0.232 e. The lowest BCUT2D eigenvalue weighted by Crippen LogP contribution is -2.37. The van der Waals surface area contributed by atoms with Crippen LogP contribution in [0.4, 0.5) is 8.78 Å². The van der Waals surface area contributed by atoms with Crippen molar-refractivity contribution in [3.8, 4) is 5.88 Å². The van der Waals surface area contributed by atoms with Crippen LogP contribution < -0.4 is 10.1 Å². The molecule has 3 aromatic rings. The molecular weight excluding hydrogens is 440 g/mol. The maximum absolute atomic E-state index is 13.7. The molecule has 3 N–H and O–H groups in total. The lowest BCUT2D eigenvalue weighted by Gasteiger charge is -2.34. The number of aromatic nitrogens is 2. The zero-order valence-corrected chi connectivity index (χ0v) is 19.0. The van der Waals surface area contributed by atoms with E-state index >= 15 is 0 Å². The summed E-state index contributed by atoms with van der Waals surface area (Å²) in [6.07, 6.45) is 6.08. The van der Waals surface area contributed by atoms with Gasteiger partial charge in [-0.3, -0.25) is 0 Å². The predicted octanol–water partition coefficient (Wildman–Crippen LogP) is 4.17. The van der Waals surface area contributed by atoms with Crippen LogP contribution in [-0.2, 0) is 0 Å². The first kappa shape index (κ1) is 24.2. The monoisotopic (exact) mass is 469 g/mol. The fraction of sp³-hybridized carbons (Fsp3) is 0.385. The smallest absolute Gasteiger partial charge is 0.232 e. The molecule has 1 aliphatic carbocycles. The van der Waals surface area contributed by atoms with Crippen LogP contribution in [-0.4, -0.2) is 46.0 Å². The number of hydrogen-bond acceptors (Lipinski definition) is 6. The number of halogens is 2. The number of methoxy groups -OCH3 is 1. The van der Waals surface area contributed by atoms with E-state index in [4.69, 9.17) is 4.74 Å². The van der Waals surface area contributed by atoms with Crippen molar-refractivity contribution in [1.82, 2.24) is 15.3 Å². The molecule has 1 heterocycles. The van der Waals surface area contributed by atoms with Crippen LogP contribution in [0.3, 0.4) is 0 Å². The molecule has 2 atom stereocenters. The summed E-state index contributed by atoms with van der Waals surface area (Å²) in [5.41, 5.74) is 1.90. The van der Waals surface area contributed by atoms with Crippen LogP contribution in [0.2, 0.25) is 0 Å². The van der Waals surface area contributed by atoms with Crippen molar-refractivity contribution in [3.63, 3.8) is 0 Å². The summed E-state index contributed by atoms with van der Waals surface area (Å²) < 4.78 is 32.1. The summed E-state index contributed by atoms with van der Waals surface area (Å²) in [6.45, 7) is 0.535. The zero-order valence-electron chi connectivity index (χ0n) is 19.0. The van der Waals surface area contributed by atoms with E-state index in [1.807, 2.05) is 0 Å². The minimum Gasteiger partial charge on any atom is -0.480 e. The highest BCUT2D eigenvalue weighted by Crippen LogP contribution is 2.34. The molecule has 8 heteroatoms. The summed E-state index contributed by atoms with van der Waals surface area (Å²) in [6, 6.07) is 8.99. The molecule has 0 amide bonds. The van der Waals surface area contributed by atoms with Gasteiger partial charge in [-0.05, 0) is 55.9 Å². The van der Waals surface area contributed by atoms with Gasteiger partial charge in [0.2, 0.25) is 5.88 Å². The number of benzene rings is 2. The normalized spacial score (nSPS) is 20.5. The van der Waals surface area contributed by atoms with Gasteiger partial charge < -0.3 is 20.3 Å². The number of aliphatic hydroxyl groups is 2. The molecule has 0 radical (unpaired) electrons. The molecule has 34 heavy (non-hydrogen) atoms. The summed E-state index contributed by atoms with van der Waals surface area (Å²) in [5.74, 6) is -0.620. The van der Waals surface area contributed by atoms with E-state index in [-0.39, 0.29) is 17.5 Å². The van der Waals surface area contributed by atoms with Crippen molar-refractivity contribution in [2.24, 2.45) is 5.92 Å². The van der Waals surface area contributed by atoms with Crippen molar-refractivity contribution in [1.29, 1.82) is 0 Å². The first-order valence-electron chi connectivity index (χ1n) is 11.5. The second-order valence-electron chi connectivity index (χ2n) is 8.65. The molecule has 0 unspecified atom stereocenters. The van der Waals surface area contributed by atoms with Crippen LogP contribution in [0, 0.1) is 17.6 Å². The quantitative estimate of drug-likeness (QED) is 0.459. The summed E-state index contributed by atoms with van der Waals surface area (Å²) in [5, 5.41) is 25.3. The third kappa shape index (κ3) is 5.58. The van der Waals surface area contributed by atoms with Gasteiger partial charge in [-0.25, -0.2) is 18.7 Å². The van der Waals surface area contributed by atoms with Gasteiger partial charge in [-0.2, -0.15) is 0 Å². The average molecular weight is 470 g/mol. The minimum atomic E-state index is -1.08. The highest BCUT2D eigenvalue weighted by Gasteiger charge is 2.32. The van der Waals surface area contributed by atoms with E-state index in [1.165, 1.54) is 19.4 Å². The van der Waals surface area contributed by atoms with E-state index in [0.717, 1.165) is 37.8 Å². The Bertz CT molecular complexity index is 1150. The highest BCUT2D eigenvalue weighted by molar-refractivity contribution is 5.78. The third-order valence-corrected chi connectivity index (χ3v) is 6.47. The summed E-state index contributed by atoms with van der Waals surface area (Å²) in [4.78, 5) is 8.72. The van der Waals surface area contributed by atoms with Crippen LogP contribution in [0.5, 0.6) is 5.88 Å². The Morgan fingerprint density at radius 3 is 2.71 bits per heavy atom. The van der Waals surface area contributed by atoms with Crippen molar-refractivity contribution in [2.75, 3.05) is 13.7 Å². The number of aliphatic hydroxyl groups excluding tert-OH is 2. The number of nitrogens with zero attached hydrogens (tertiary/aromatic N) is 2. The molecule has 0 bridgehead atoms. The lowest BCUT2D eigenvalue weighted by atomic mass is 9.80. The molecular formula is C26H29F2N3O3. The maximum atomic E-state index is 13.7. The Labute approximate surface area is 197 Å². The van der Waals surface area contributed by atoms with Gasteiger partial charge in [0.15, 0.2) is 0 Å². The topological polar surface area (TPSA) is 87.5 Å². The fourth-order valence-corrected chi connectivity index (χ4v) is 4.55. The molecule has 0 aliphatic heterocycles. The number of fused-ring (bicyclic) bond motifs is 1. The Hall–Kier alpha value is -2.94. The largest absolute Gasteiger partial charge is 0.480 e. The van der Waals surface area contributed by atoms with E-state index < -0.39 is 23.8 Å². The van der Waals surface area contributed by atoms with Crippen molar-refractivity contribution >= 4 is 17.1 Å². The fourth-order valence-electron chi connectivity index (χ4n) is 4.55. The van der Waals surface area contributed by atoms with E-state index in [9.17, 15) is 19.0 Å². The Morgan fingerprint density at radius 1 is 1.15 bits per heavy atom. The van der Waals surface area contributed by atoms with Gasteiger partial charge in [-0.1, -0.05) is 24.3 Å². The van der Waals surface area contributed by atoms with Crippen molar-refractivity contribution in [2.45, 2.75) is 43.9 Å². The average Bonchev–Trinajstić information content (AvgIpc) is 2.87. The molecule has 6 nitrogen and oxygen atoms in total. The summed E-state index contributed by atoms with van der Waals surface area (Å²) >= 11 is 0. The standard InChI is InChI=1S/C26H29F2N3O3/c1-34-23-15-30-22-6-2-5-20(24(22)31-23)26(33)25(32)16-7-10-19(11-8-16)29-13-3-4-17-14-18(27)9-12-21(17)28/h2-6,9,12,14-16,19,25-26,29,32-33H,7-8,10-11,13H2,1H3/t16-,19-,25-,26-/m1/s1. The number of rotatable bonds is 8. The van der Waals surface area contributed by atoms with Gasteiger partial charge in [0.05, 0.1) is 30.4 Å². The molecule has 0 spiro atoms. The molecule has 0 saturated heterocycles. The minimum absolute atomic E-state index is 0.0428. The van der Waals surface area contributed by atoms with Crippen LogP contribution in [0.15, 0.2) is 48.7 Å². The first-order chi connectivity index (χ1) is 16.5. The van der Waals surface area contributed by atoms with Crippen LogP contribution in [0.1, 0.15) is 42.9 Å². The molecule has 180 valence electrons. The van der Waals surface area contributed by atoms with Gasteiger partial charge in [0.25, 0.3) is 0 Å². The zero-order chi connectivity index (χ0) is 24.1.